The SMILES string of the molecule is C=CCNC(=O)C(=O)C(CCCC)NC(=O)[C@@H]1[C@H]2CCC3(CC3)[C@H]2CN1C(=O)[C@@H](NC(=O)NC1(CS(=O)(=O)C(C)(C)C)CCCCC1)C(C)(C)C. The van der Waals surface area contributed by atoms with E-state index in [4.69, 9.17) is 0 Å². The number of fused-ring (bicyclic) bond motifs is 2. The van der Waals surface area contributed by atoms with Crippen LogP contribution in [0.5, 0.6) is 0 Å². The lowest BCUT2D eigenvalue weighted by atomic mass is 9.83. The molecular weight excluding hydrogens is 671 g/mol. The predicted molar refractivity (Wildman–Crippen MR) is 197 cm³/mol. The Hall–Kier alpha value is -2.96. The standard InChI is InChI=1S/C38H63N5O7S/c1-9-11-15-27(29(44)32(46)39-22-10-2)40-31(45)28-25-16-19-37(20-21-37)26(25)23-43(28)33(47)30(35(3,4)5)41-34(48)42-38(17-13-12-14-18-38)24-51(49,50)36(6,7)8/h10,25-28,30H,2,9,11-24H2,1,3-8H3,(H,39,46)(H,40,45)(H2,41,42,48)/t25-,26-,27?,28-,30+/m0/s1. The molecule has 0 aromatic rings. The van der Waals surface area contributed by atoms with Crippen molar-refractivity contribution in [1.29, 1.82) is 0 Å². The smallest absolute Gasteiger partial charge is 0.315 e. The van der Waals surface area contributed by atoms with Crippen LogP contribution in [0.1, 0.15) is 126 Å². The van der Waals surface area contributed by atoms with Gasteiger partial charge in [-0.25, -0.2) is 13.2 Å². The van der Waals surface area contributed by atoms with E-state index in [0.29, 0.717) is 32.2 Å². The minimum Gasteiger partial charge on any atom is -0.346 e. The highest BCUT2D eigenvalue weighted by Crippen LogP contribution is 2.66. The molecule has 1 heterocycles. The number of carbonyl (C=O) groups is 5. The molecule has 1 spiro atoms. The molecule has 51 heavy (non-hydrogen) atoms. The maximum absolute atomic E-state index is 14.7. The van der Waals surface area contributed by atoms with Crippen LogP contribution in [-0.4, -0.2) is 90.1 Å². The first-order valence-electron chi connectivity index (χ1n) is 19.1. The van der Waals surface area contributed by atoms with E-state index in [9.17, 15) is 32.4 Å². The van der Waals surface area contributed by atoms with Gasteiger partial charge in [0, 0.05) is 13.1 Å². The second kappa shape index (κ2) is 15.6. The second-order valence-electron chi connectivity index (χ2n) is 17.8. The Kier molecular flexibility index (Phi) is 12.5. The van der Waals surface area contributed by atoms with Gasteiger partial charge in [0.15, 0.2) is 9.84 Å². The van der Waals surface area contributed by atoms with Gasteiger partial charge in [-0.2, -0.15) is 0 Å². The van der Waals surface area contributed by atoms with Gasteiger partial charge >= 0.3 is 6.03 Å². The molecule has 0 aromatic carbocycles. The number of hydrogen-bond acceptors (Lipinski definition) is 7. The van der Waals surface area contributed by atoms with E-state index < -0.39 is 67.3 Å². The molecule has 5 amide bonds. The minimum atomic E-state index is -3.57. The van der Waals surface area contributed by atoms with Gasteiger partial charge in [-0.05, 0) is 88.4 Å². The molecule has 1 saturated heterocycles. The third-order valence-corrected chi connectivity index (χ3v) is 14.7. The van der Waals surface area contributed by atoms with Crippen LogP contribution < -0.4 is 21.3 Å². The number of urea groups is 1. The molecule has 4 N–H and O–H groups in total. The van der Waals surface area contributed by atoms with Crippen molar-refractivity contribution in [1.82, 2.24) is 26.2 Å². The molecule has 1 aliphatic heterocycles. The molecule has 0 radical (unpaired) electrons. The largest absolute Gasteiger partial charge is 0.346 e. The van der Waals surface area contributed by atoms with Crippen molar-refractivity contribution in [2.24, 2.45) is 22.7 Å². The fourth-order valence-electron chi connectivity index (χ4n) is 8.58. The summed E-state index contributed by atoms with van der Waals surface area (Å²) in [7, 11) is -3.57. The molecule has 0 aromatic heterocycles. The Labute approximate surface area is 305 Å². The van der Waals surface area contributed by atoms with E-state index in [-0.39, 0.29) is 35.5 Å². The molecule has 1 unspecified atom stereocenters. The zero-order valence-electron chi connectivity index (χ0n) is 32.0. The lowest BCUT2D eigenvalue weighted by Gasteiger charge is -2.41. The summed E-state index contributed by atoms with van der Waals surface area (Å²) >= 11 is 0. The minimum absolute atomic E-state index is 0.101. The van der Waals surface area contributed by atoms with Crippen LogP contribution in [0.25, 0.3) is 0 Å². The van der Waals surface area contributed by atoms with Crippen molar-refractivity contribution in [3.8, 4) is 0 Å². The molecule has 288 valence electrons. The lowest BCUT2D eigenvalue weighted by Crippen LogP contribution is -2.64. The third kappa shape index (κ3) is 9.16. The fourth-order valence-corrected chi connectivity index (χ4v) is 10.1. The highest BCUT2D eigenvalue weighted by molar-refractivity contribution is 7.92. The van der Waals surface area contributed by atoms with Crippen LogP contribution in [0, 0.1) is 22.7 Å². The molecular formula is C38H63N5O7S. The Morgan fingerprint density at radius 2 is 1.59 bits per heavy atom. The normalized spacial score (nSPS) is 24.9. The molecule has 3 saturated carbocycles. The highest BCUT2D eigenvalue weighted by atomic mass is 32.2. The number of unbranched alkanes of at least 4 members (excludes halogenated alkanes) is 1. The zero-order valence-corrected chi connectivity index (χ0v) is 32.8. The topological polar surface area (TPSA) is 171 Å². The van der Waals surface area contributed by atoms with Gasteiger partial charge in [0.1, 0.15) is 12.1 Å². The Morgan fingerprint density at radius 3 is 2.14 bits per heavy atom. The van der Waals surface area contributed by atoms with E-state index in [1.54, 1.807) is 25.7 Å². The van der Waals surface area contributed by atoms with Crippen molar-refractivity contribution >= 4 is 39.4 Å². The zero-order chi connectivity index (χ0) is 38.0. The van der Waals surface area contributed by atoms with Crippen molar-refractivity contribution in [2.75, 3.05) is 18.8 Å². The second-order valence-corrected chi connectivity index (χ2v) is 20.5. The van der Waals surface area contributed by atoms with E-state index in [0.717, 1.165) is 51.4 Å². The molecule has 12 nitrogen and oxygen atoms in total. The summed E-state index contributed by atoms with van der Waals surface area (Å²) in [5.74, 6) is -2.52. The van der Waals surface area contributed by atoms with Crippen molar-refractivity contribution in [2.45, 2.75) is 154 Å². The van der Waals surface area contributed by atoms with E-state index in [2.05, 4.69) is 27.8 Å². The first-order chi connectivity index (χ1) is 23.7. The number of carbonyl (C=O) groups excluding carboxylic acids is 5. The van der Waals surface area contributed by atoms with Crippen LogP contribution in [0.4, 0.5) is 4.79 Å². The van der Waals surface area contributed by atoms with Gasteiger partial charge in [-0.1, -0.05) is 65.9 Å². The maximum Gasteiger partial charge on any atom is 0.315 e. The Bertz CT molecular complexity index is 1450. The third-order valence-electron chi connectivity index (χ3n) is 11.9. The predicted octanol–water partition coefficient (Wildman–Crippen LogP) is 4.18. The fraction of sp³-hybridized carbons (Fsp3) is 0.816. The summed E-state index contributed by atoms with van der Waals surface area (Å²) in [6, 6.07) is -3.52. The number of rotatable bonds is 14. The van der Waals surface area contributed by atoms with Crippen LogP contribution in [0.15, 0.2) is 12.7 Å². The Balaban J connectivity index is 1.59. The van der Waals surface area contributed by atoms with Gasteiger partial charge in [0.25, 0.3) is 5.91 Å². The number of Topliss-reactive ketones (excluding diaryl/α,β-unsaturated/α-hetero) is 1. The average Bonchev–Trinajstić information content (AvgIpc) is 3.61. The molecule has 13 heteroatoms. The van der Waals surface area contributed by atoms with Gasteiger partial charge in [-0.3, -0.25) is 19.2 Å². The van der Waals surface area contributed by atoms with Gasteiger partial charge < -0.3 is 26.2 Å². The first kappa shape index (κ1) is 40.8. The van der Waals surface area contributed by atoms with Crippen LogP contribution in [0.3, 0.4) is 0 Å². The molecule has 5 atom stereocenters. The van der Waals surface area contributed by atoms with E-state index >= 15 is 0 Å². The number of ketones is 1. The number of hydrogen-bond donors (Lipinski definition) is 4. The molecule has 4 rings (SSSR count). The summed E-state index contributed by atoms with van der Waals surface area (Å²) in [6.07, 6.45) is 10.6. The van der Waals surface area contributed by atoms with Gasteiger partial charge in [0.05, 0.1) is 22.1 Å². The van der Waals surface area contributed by atoms with Crippen molar-refractivity contribution in [3.63, 3.8) is 0 Å². The summed E-state index contributed by atoms with van der Waals surface area (Å²) in [6.45, 7) is 16.6. The molecule has 0 bridgehead atoms. The summed E-state index contributed by atoms with van der Waals surface area (Å²) in [5, 5.41) is 11.4. The van der Waals surface area contributed by atoms with Crippen LogP contribution in [0.2, 0.25) is 0 Å². The number of amides is 5. The van der Waals surface area contributed by atoms with Gasteiger partial charge in [-0.15, -0.1) is 6.58 Å². The maximum atomic E-state index is 14.7. The number of likely N-dealkylation sites (tertiary alicyclic amines) is 1. The quantitative estimate of drug-likeness (QED) is 0.153. The molecule has 4 aliphatic rings. The van der Waals surface area contributed by atoms with Crippen molar-refractivity contribution < 1.29 is 32.4 Å². The average molecular weight is 734 g/mol. The van der Waals surface area contributed by atoms with Crippen LogP contribution >= 0.6 is 0 Å². The molecule has 4 fully saturated rings. The van der Waals surface area contributed by atoms with E-state index in [1.807, 2.05) is 27.7 Å². The first-order valence-corrected chi connectivity index (χ1v) is 20.7. The van der Waals surface area contributed by atoms with Gasteiger partial charge in [0.2, 0.25) is 17.6 Å². The lowest BCUT2D eigenvalue weighted by molar-refractivity contribution is -0.144. The summed E-state index contributed by atoms with van der Waals surface area (Å²) in [5.41, 5.74) is -1.61. The monoisotopic (exact) mass is 733 g/mol. The molecule has 3 aliphatic carbocycles. The number of nitrogens with one attached hydrogen (secondary N) is 4. The van der Waals surface area contributed by atoms with Crippen molar-refractivity contribution in [3.05, 3.63) is 12.7 Å². The number of nitrogens with zero attached hydrogens (tertiary/aromatic N) is 1. The Morgan fingerprint density at radius 1 is 0.941 bits per heavy atom. The summed E-state index contributed by atoms with van der Waals surface area (Å²) < 4.78 is 25.7. The number of sulfone groups is 1. The van der Waals surface area contributed by atoms with E-state index in [1.165, 1.54) is 6.08 Å². The summed E-state index contributed by atoms with van der Waals surface area (Å²) in [4.78, 5) is 70.4. The highest BCUT2D eigenvalue weighted by Gasteiger charge is 2.64. The van der Waals surface area contributed by atoms with Crippen LogP contribution in [-0.2, 0) is 29.0 Å².